The molecule has 1 aromatic carbocycles. The van der Waals surface area contributed by atoms with Crippen molar-refractivity contribution in [1.29, 1.82) is 0 Å². The van der Waals surface area contributed by atoms with E-state index in [9.17, 15) is 9.59 Å². The van der Waals surface area contributed by atoms with Gasteiger partial charge in [0.25, 0.3) is 5.91 Å². The maximum absolute atomic E-state index is 13.8. The Bertz CT molecular complexity index is 867. The number of benzene rings is 1. The number of rotatable bonds is 5. The minimum Gasteiger partial charge on any atom is -0.368 e. The summed E-state index contributed by atoms with van der Waals surface area (Å²) in [4.78, 5) is 34.4. The summed E-state index contributed by atoms with van der Waals surface area (Å²) in [5.74, 6) is 0.242. The first-order valence-corrected chi connectivity index (χ1v) is 11.0. The van der Waals surface area contributed by atoms with E-state index in [-0.39, 0.29) is 11.8 Å². The number of piperazine rings is 1. The van der Waals surface area contributed by atoms with E-state index < -0.39 is 5.54 Å². The summed E-state index contributed by atoms with van der Waals surface area (Å²) >= 11 is 0. The van der Waals surface area contributed by atoms with E-state index in [0.717, 1.165) is 13.1 Å². The maximum Gasteiger partial charge on any atom is 0.250 e. The Hall–Kier alpha value is -2.87. The molecule has 0 spiro atoms. The van der Waals surface area contributed by atoms with Crippen molar-refractivity contribution in [1.82, 2.24) is 24.5 Å². The molecule has 2 amide bonds. The zero-order valence-corrected chi connectivity index (χ0v) is 18.5. The van der Waals surface area contributed by atoms with Gasteiger partial charge in [0.15, 0.2) is 0 Å². The summed E-state index contributed by atoms with van der Waals surface area (Å²) in [6.45, 7) is 4.56. The minimum atomic E-state index is -0.715. The molecule has 0 bridgehead atoms. The van der Waals surface area contributed by atoms with E-state index in [4.69, 9.17) is 0 Å². The van der Waals surface area contributed by atoms with Gasteiger partial charge in [0.2, 0.25) is 5.91 Å². The number of piperidine rings is 1. The van der Waals surface area contributed by atoms with Crippen LogP contribution in [-0.2, 0) is 15.1 Å². The lowest BCUT2D eigenvalue weighted by molar-refractivity contribution is -0.148. The summed E-state index contributed by atoms with van der Waals surface area (Å²) in [5.41, 5.74) is 0.483. The zero-order valence-electron chi connectivity index (χ0n) is 18.5. The summed E-state index contributed by atoms with van der Waals surface area (Å²) in [6, 6.07) is 12.2. The standard InChI is InChI=1S/C23H32N6O2/c1-25(2)19-21(30)27-13-9-23(10-14-27,29-12-6-11-24-29)22(31)28-17-15-26(16-18-28)20-7-4-3-5-8-20/h3-8,11-12H,9-10,13-19H2,1-2H3. The SMILES string of the molecule is CN(C)CC(=O)N1CCC(C(=O)N2CCN(c3ccccc3)CC2)(n2cccn2)CC1. The van der Waals surface area contributed by atoms with Gasteiger partial charge in [-0.2, -0.15) is 5.10 Å². The van der Waals surface area contributed by atoms with Crippen molar-refractivity contribution < 1.29 is 9.59 Å². The van der Waals surface area contributed by atoms with Crippen LogP contribution >= 0.6 is 0 Å². The molecular formula is C23H32N6O2. The Morgan fingerprint density at radius 1 is 0.935 bits per heavy atom. The van der Waals surface area contributed by atoms with Gasteiger partial charge in [-0.05, 0) is 45.1 Å². The number of hydrogen-bond acceptors (Lipinski definition) is 5. The van der Waals surface area contributed by atoms with Crippen molar-refractivity contribution in [3.05, 3.63) is 48.8 Å². The van der Waals surface area contributed by atoms with Crippen molar-refractivity contribution in [2.24, 2.45) is 0 Å². The summed E-state index contributed by atoms with van der Waals surface area (Å²) in [7, 11) is 3.79. The topological polar surface area (TPSA) is 64.9 Å². The summed E-state index contributed by atoms with van der Waals surface area (Å²) < 4.78 is 1.83. The maximum atomic E-state index is 13.8. The van der Waals surface area contributed by atoms with E-state index in [0.29, 0.717) is 45.6 Å². The number of likely N-dealkylation sites (tertiary alicyclic amines) is 1. The van der Waals surface area contributed by atoms with Crippen LogP contribution in [0.1, 0.15) is 12.8 Å². The Balaban J connectivity index is 1.45. The minimum absolute atomic E-state index is 0.114. The van der Waals surface area contributed by atoms with Crippen LogP contribution in [0.15, 0.2) is 48.8 Å². The fourth-order valence-electron chi connectivity index (χ4n) is 4.66. The van der Waals surface area contributed by atoms with Crippen LogP contribution in [0, 0.1) is 0 Å². The number of carbonyl (C=O) groups is 2. The molecule has 8 nitrogen and oxygen atoms in total. The first-order valence-electron chi connectivity index (χ1n) is 11.0. The molecule has 166 valence electrons. The monoisotopic (exact) mass is 424 g/mol. The molecule has 8 heteroatoms. The van der Waals surface area contributed by atoms with Crippen LogP contribution in [0.3, 0.4) is 0 Å². The number of amides is 2. The van der Waals surface area contributed by atoms with Crippen LogP contribution in [0.25, 0.3) is 0 Å². The van der Waals surface area contributed by atoms with Gasteiger partial charge in [-0.1, -0.05) is 18.2 Å². The lowest BCUT2D eigenvalue weighted by Crippen LogP contribution is -2.60. The number of para-hydroxylation sites is 1. The van der Waals surface area contributed by atoms with E-state index in [1.165, 1.54) is 5.69 Å². The van der Waals surface area contributed by atoms with Crippen LogP contribution in [0.2, 0.25) is 0 Å². The van der Waals surface area contributed by atoms with E-state index in [1.54, 1.807) is 6.20 Å². The Labute approximate surface area is 184 Å². The number of nitrogens with zero attached hydrogens (tertiary/aromatic N) is 6. The normalized spacial score (nSPS) is 19.0. The molecule has 0 atom stereocenters. The average Bonchev–Trinajstić information content (AvgIpc) is 3.34. The smallest absolute Gasteiger partial charge is 0.250 e. The average molecular weight is 425 g/mol. The number of likely N-dealkylation sites (N-methyl/N-ethyl adjacent to an activating group) is 1. The number of anilines is 1. The van der Waals surface area contributed by atoms with Gasteiger partial charge >= 0.3 is 0 Å². The first kappa shape index (κ1) is 21.4. The molecule has 2 fully saturated rings. The summed E-state index contributed by atoms with van der Waals surface area (Å²) in [5, 5.41) is 4.46. The van der Waals surface area contributed by atoms with E-state index in [2.05, 4.69) is 22.1 Å². The van der Waals surface area contributed by atoms with Crippen molar-refractivity contribution in [3.8, 4) is 0 Å². The molecule has 0 radical (unpaired) electrons. The largest absolute Gasteiger partial charge is 0.368 e. The molecule has 0 aliphatic carbocycles. The number of aromatic nitrogens is 2. The highest BCUT2D eigenvalue weighted by Gasteiger charge is 2.47. The zero-order chi connectivity index (χ0) is 21.8. The fourth-order valence-corrected chi connectivity index (χ4v) is 4.66. The van der Waals surface area contributed by atoms with Gasteiger partial charge in [0.1, 0.15) is 5.54 Å². The number of carbonyl (C=O) groups excluding carboxylic acids is 2. The van der Waals surface area contributed by atoms with Gasteiger partial charge < -0.3 is 19.6 Å². The lowest BCUT2D eigenvalue weighted by atomic mass is 9.85. The van der Waals surface area contributed by atoms with Crippen LogP contribution in [0.5, 0.6) is 0 Å². The Morgan fingerprint density at radius 3 is 2.19 bits per heavy atom. The third-order valence-corrected chi connectivity index (χ3v) is 6.42. The van der Waals surface area contributed by atoms with Crippen LogP contribution in [0.4, 0.5) is 5.69 Å². The highest BCUT2D eigenvalue weighted by Crippen LogP contribution is 2.33. The van der Waals surface area contributed by atoms with Crippen LogP contribution < -0.4 is 4.90 Å². The highest BCUT2D eigenvalue weighted by atomic mass is 16.2. The van der Waals surface area contributed by atoms with Gasteiger partial charge in [0.05, 0.1) is 6.54 Å². The van der Waals surface area contributed by atoms with Crippen molar-refractivity contribution in [2.75, 3.05) is 64.8 Å². The predicted molar refractivity (Wildman–Crippen MR) is 120 cm³/mol. The molecule has 0 unspecified atom stereocenters. The van der Waals surface area contributed by atoms with Gasteiger partial charge in [-0.25, -0.2) is 0 Å². The van der Waals surface area contributed by atoms with Crippen molar-refractivity contribution >= 4 is 17.5 Å². The summed E-state index contributed by atoms with van der Waals surface area (Å²) in [6.07, 6.45) is 4.79. The molecule has 1 aromatic heterocycles. The second-order valence-electron chi connectivity index (χ2n) is 8.72. The molecule has 4 rings (SSSR count). The van der Waals surface area contributed by atoms with Crippen molar-refractivity contribution in [3.63, 3.8) is 0 Å². The lowest BCUT2D eigenvalue weighted by Gasteiger charge is -2.45. The molecule has 2 aromatic rings. The third kappa shape index (κ3) is 4.44. The molecule has 0 saturated carbocycles. The second-order valence-corrected chi connectivity index (χ2v) is 8.72. The molecule has 31 heavy (non-hydrogen) atoms. The van der Waals surface area contributed by atoms with E-state index >= 15 is 0 Å². The predicted octanol–water partition coefficient (Wildman–Crippen LogP) is 1.11. The second kappa shape index (κ2) is 9.09. The van der Waals surface area contributed by atoms with Gasteiger partial charge in [-0.15, -0.1) is 0 Å². The van der Waals surface area contributed by atoms with Crippen molar-refractivity contribution in [2.45, 2.75) is 18.4 Å². The molecule has 2 aliphatic rings. The van der Waals surface area contributed by atoms with Gasteiger partial charge in [0, 0.05) is 57.3 Å². The Kier molecular flexibility index (Phi) is 6.27. The molecule has 2 saturated heterocycles. The van der Waals surface area contributed by atoms with Gasteiger partial charge in [-0.3, -0.25) is 14.3 Å². The Morgan fingerprint density at radius 2 is 1.61 bits per heavy atom. The molecule has 0 N–H and O–H groups in total. The highest BCUT2D eigenvalue weighted by molar-refractivity contribution is 5.85. The molecule has 3 heterocycles. The molecular weight excluding hydrogens is 392 g/mol. The number of hydrogen-bond donors (Lipinski definition) is 0. The fraction of sp³-hybridized carbons (Fsp3) is 0.522. The third-order valence-electron chi connectivity index (χ3n) is 6.42. The first-order chi connectivity index (χ1) is 15.0. The molecule has 2 aliphatic heterocycles. The quantitative estimate of drug-likeness (QED) is 0.720. The van der Waals surface area contributed by atoms with E-state index in [1.807, 2.05) is 63.9 Å². The van der Waals surface area contributed by atoms with Crippen LogP contribution in [-0.4, -0.2) is 96.2 Å².